The minimum absolute atomic E-state index is 0.179. The van der Waals surface area contributed by atoms with Gasteiger partial charge in [0.1, 0.15) is 0 Å². The molecular weight excluding hydrogens is 372 g/mol. The van der Waals surface area contributed by atoms with Crippen LogP contribution in [0.1, 0.15) is 17.7 Å². The van der Waals surface area contributed by atoms with Crippen molar-refractivity contribution in [2.45, 2.75) is 18.2 Å². The van der Waals surface area contributed by atoms with Crippen molar-refractivity contribution < 1.29 is 8.42 Å². The van der Waals surface area contributed by atoms with E-state index in [1.54, 1.807) is 36.4 Å². The van der Waals surface area contributed by atoms with E-state index in [1.165, 1.54) is 13.2 Å². The zero-order chi connectivity index (χ0) is 20.1. The first-order valence-corrected chi connectivity index (χ1v) is 10.1. The Morgan fingerprint density at radius 3 is 2.57 bits per heavy atom. The summed E-state index contributed by atoms with van der Waals surface area (Å²) in [5.74, 6) is 5.82. The summed E-state index contributed by atoms with van der Waals surface area (Å²) >= 11 is 0. The van der Waals surface area contributed by atoms with Gasteiger partial charge in [-0.25, -0.2) is 8.42 Å². The molecule has 28 heavy (non-hydrogen) atoms. The molecule has 0 amide bonds. The summed E-state index contributed by atoms with van der Waals surface area (Å²) in [7, 11) is -2.09. The number of hydrogen-bond acceptors (Lipinski definition) is 3. The topological polar surface area (TPSA) is 70.2 Å². The fraction of sp³-hybridized carbons (Fsp3) is 0.136. The van der Waals surface area contributed by atoms with E-state index >= 15 is 0 Å². The highest BCUT2D eigenvalue weighted by atomic mass is 32.2. The molecule has 0 bridgehead atoms. The summed E-state index contributed by atoms with van der Waals surface area (Å²) in [5, 5.41) is 1.45. The van der Waals surface area contributed by atoms with Crippen LogP contribution in [0.4, 0.5) is 0 Å². The molecule has 0 saturated carbocycles. The summed E-state index contributed by atoms with van der Waals surface area (Å²) in [6.45, 7) is 1.90. The second kappa shape index (κ2) is 8.15. The lowest BCUT2D eigenvalue weighted by Crippen LogP contribution is -2.21. The van der Waals surface area contributed by atoms with Crippen LogP contribution in [0.3, 0.4) is 0 Å². The molecule has 0 unspecified atom stereocenters. The molecule has 142 valence electrons. The lowest BCUT2D eigenvalue weighted by molar-refractivity contribution is 0.538. The van der Waals surface area contributed by atoms with E-state index in [0.717, 1.165) is 15.3 Å². The van der Waals surface area contributed by atoms with E-state index in [2.05, 4.69) is 16.8 Å². The van der Waals surface area contributed by atoms with Gasteiger partial charge in [0.05, 0.1) is 10.6 Å². The number of benzene rings is 2. The molecule has 0 aliphatic rings. The third kappa shape index (κ3) is 4.33. The fourth-order valence-corrected chi connectivity index (χ4v) is 3.70. The number of aromatic amines is 1. The number of fused-ring (bicyclic) bond motifs is 1. The van der Waals surface area contributed by atoms with Crippen LogP contribution in [0.2, 0.25) is 0 Å². The first kappa shape index (κ1) is 19.5. The van der Waals surface area contributed by atoms with Crippen LogP contribution in [-0.2, 0) is 10.0 Å². The highest BCUT2D eigenvalue weighted by Gasteiger charge is 2.17. The van der Waals surface area contributed by atoms with E-state index < -0.39 is 10.0 Å². The number of rotatable bonds is 4. The number of aryl methyl sites for hydroxylation is 1. The molecule has 1 heterocycles. The number of nitrogens with zero attached hydrogens (tertiary/aromatic N) is 1. The monoisotopic (exact) mass is 392 g/mol. The van der Waals surface area contributed by atoms with E-state index in [1.807, 2.05) is 31.2 Å². The average Bonchev–Trinajstić information content (AvgIpc) is 2.68. The van der Waals surface area contributed by atoms with Gasteiger partial charge in [0.25, 0.3) is 15.6 Å². The SMILES string of the molecule is Cc1ccc(S(=O)(=O)N(C)/C=C/CC#Cc2cc3ccccc3c(=O)[nH]2)cc1. The Labute approximate surface area is 164 Å². The number of nitrogens with one attached hydrogen (secondary N) is 1. The largest absolute Gasteiger partial charge is 0.315 e. The van der Waals surface area contributed by atoms with E-state index in [9.17, 15) is 13.2 Å². The lowest BCUT2D eigenvalue weighted by Gasteiger charge is -2.14. The Hall–Kier alpha value is -3.30. The molecule has 0 aliphatic carbocycles. The zero-order valence-electron chi connectivity index (χ0n) is 15.6. The third-order valence-electron chi connectivity index (χ3n) is 4.21. The Kier molecular flexibility index (Phi) is 5.67. The van der Waals surface area contributed by atoms with E-state index in [0.29, 0.717) is 17.5 Å². The number of H-pyrrole nitrogens is 1. The molecule has 6 heteroatoms. The molecule has 0 spiro atoms. The lowest BCUT2D eigenvalue weighted by atomic mass is 10.1. The van der Waals surface area contributed by atoms with E-state index in [4.69, 9.17) is 0 Å². The van der Waals surface area contributed by atoms with Gasteiger partial charge < -0.3 is 4.98 Å². The molecule has 0 atom stereocenters. The van der Waals surface area contributed by atoms with Gasteiger partial charge in [-0.3, -0.25) is 9.10 Å². The second-order valence-electron chi connectivity index (χ2n) is 6.32. The van der Waals surface area contributed by atoms with Crippen LogP contribution in [0, 0.1) is 18.8 Å². The molecule has 0 radical (unpaired) electrons. The second-order valence-corrected chi connectivity index (χ2v) is 8.32. The van der Waals surface area contributed by atoms with Gasteiger partial charge >= 0.3 is 0 Å². The van der Waals surface area contributed by atoms with Gasteiger partial charge in [0.2, 0.25) is 0 Å². The molecule has 5 nitrogen and oxygen atoms in total. The summed E-state index contributed by atoms with van der Waals surface area (Å²) in [6, 6.07) is 15.8. The van der Waals surface area contributed by atoms with Crippen LogP contribution >= 0.6 is 0 Å². The van der Waals surface area contributed by atoms with Gasteiger partial charge in [-0.1, -0.05) is 47.9 Å². The van der Waals surface area contributed by atoms with Gasteiger partial charge in [-0.15, -0.1) is 0 Å². The van der Waals surface area contributed by atoms with Crippen molar-refractivity contribution in [3.63, 3.8) is 0 Å². The summed E-state index contributed by atoms with van der Waals surface area (Å²) in [4.78, 5) is 15.0. The Morgan fingerprint density at radius 2 is 1.82 bits per heavy atom. The van der Waals surface area contributed by atoms with Crippen molar-refractivity contribution in [3.05, 3.63) is 88.5 Å². The van der Waals surface area contributed by atoms with Crippen LogP contribution in [0.25, 0.3) is 10.8 Å². The molecule has 0 aliphatic heterocycles. The number of aromatic nitrogens is 1. The molecular formula is C22H20N2O3S. The predicted octanol–water partition coefficient (Wildman–Crippen LogP) is 3.41. The smallest absolute Gasteiger partial charge is 0.263 e. The molecule has 1 aromatic heterocycles. The van der Waals surface area contributed by atoms with Crippen molar-refractivity contribution in [1.29, 1.82) is 0 Å². The molecule has 0 saturated heterocycles. The first-order valence-electron chi connectivity index (χ1n) is 8.70. The van der Waals surface area contributed by atoms with Gasteiger partial charge in [-0.05, 0) is 42.5 Å². The van der Waals surface area contributed by atoms with Crippen molar-refractivity contribution in [1.82, 2.24) is 9.29 Å². The van der Waals surface area contributed by atoms with Crippen molar-refractivity contribution >= 4 is 20.8 Å². The van der Waals surface area contributed by atoms with Crippen LogP contribution in [0.5, 0.6) is 0 Å². The van der Waals surface area contributed by atoms with Crippen LogP contribution in [-0.4, -0.2) is 24.8 Å². The maximum absolute atomic E-state index is 12.5. The maximum Gasteiger partial charge on any atom is 0.263 e. The summed E-state index contributed by atoms with van der Waals surface area (Å²) in [5.41, 5.74) is 1.35. The fourth-order valence-electron chi connectivity index (χ4n) is 2.64. The highest BCUT2D eigenvalue weighted by molar-refractivity contribution is 7.89. The predicted molar refractivity (Wildman–Crippen MR) is 111 cm³/mol. The highest BCUT2D eigenvalue weighted by Crippen LogP contribution is 2.15. The quantitative estimate of drug-likeness (QED) is 0.692. The molecule has 0 fully saturated rings. The Balaban J connectivity index is 1.69. The molecule has 3 aromatic rings. The molecule has 3 rings (SSSR count). The maximum atomic E-state index is 12.5. The first-order chi connectivity index (χ1) is 13.4. The van der Waals surface area contributed by atoms with Crippen molar-refractivity contribution in [2.75, 3.05) is 7.05 Å². The molecule has 2 aromatic carbocycles. The average molecular weight is 392 g/mol. The van der Waals surface area contributed by atoms with E-state index in [-0.39, 0.29) is 10.5 Å². The number of allylic oxidation sites excluding steroid dienone is 1. The normalized spacial score (nSPS) is 11.4. The van der Waals surface area contributed by atoms with Crippen LogP contribution in [0.15, 0.2) is 76.6 Å². The van der Waals surface area contributed by atoms with Crippen molar-refractivity contribution in [2.24, 2.45) is 0 Å². The van der Waals surface area contributed by atoms with Gasteiger partial charge in [0.15, 0.2) is 0 Å². The Morgan fingerprint density at radius 1 is 1.11 bits per heavy atom. The molecule has 1 N–H and O–H groups in total. The van der Waals surface area contributed by atoms with Gasteiger partial charge in [-0.2, -0.15) is 0 Å². The number of pyridine rings is 1. The minimum Gasteiger partial charge on any atom is -0.315 e. The number of hydrogen-bond donors (Lipinski definition) is 1. The van der Waals surface area contributed by atoms with Crippen LogP contribution < -0.4 is 5.56 Å². The zero-order valence-corrected chi connectivity index (χ0v) is 16.5. The van der Waals surface area contributed by atoms with Crippen molar-refractivity contribution in [3.8, 4) is 11.8 Å². The third-order valence-corrected chi connectivity index (χ3v) is 5.96. The summed E-state index contributed by atoms with van der Waals surface area (Å²) < 4.78 is 26.1. The number of sulfonamides is 1. The van der Waals surface area contributed by atoms with Gasteiger partial charge in [0, 0.05) is 25.1 Å². The minimum atomic E-state index is -3.57. The standard InChI is InChI=1S/C22H20N2O3S/c1-17-11-13-20(14-12-17)28(26,27)24(2)15-7-3-4-9-19-16-18-8-5-6-10-21(18)22(25)23-19/h5-8,10-16H,3H2,1-2H3,(H,23,25)/b15-7+. The Bertz CT molecular complexity index is 1240. The summed E-state index contributed by atoms with van der Waals surface area (Å²) in [6.07, 6.45) is 3.49.